The molecule has 1 fully saturated rings. The van der Waals surface area contributed by atoms with Crippen LogP contribution in [-0.2, 0) is 16.6 Å². The van der Waals surface area contributed by atoms with Crippen molar-refractivity contribution in [3.63, 3.8) is 0 Å². The molecule has 1 aromatic carbocycles. The minimum atomic E-state index is -2.95. The van der Waals surface area contributed by atoms with E-state index in [0.717, 1.165) is 12.0 Å². The Morgan fingerprint density at radius 3 is 2.50 bits per heavy atom. The van der Waals surface area contributed by atoms with Crippen LogP contribution in [0.2, 0.25) is 0 Å². The van der Waals surface area contributed by atoms with Gasteiger partial charge in [0.05, 0.1) is 5.75 Å². The van der Waals surface area contributed by atoms with Crippen molar-refractivity contribution >= 4 is 10.0 Å². The quantitative estimate of drug-likeness (QED) is 0.737. The summed E-state index contributed by atoms with van der Waals surface area (Å²) >= 11 is 0. The van der Waals surface area contributed by atoms with E-state index in [1.807, 2.05) is 30.3 Å². The Morgan fingerprint density at radius 1 is 1.21 bits per heavy atom. The molecule has 76 valence electrons. The fourth-order valence-corrected chi connectivity index (χ4v) is 3.16. The average Bonchev–Trinajstić information content (AvgIpc) is 2.48. The average molecular weight is 211 g/mol. The maximum absolute atomic E-state index is 11.5. The Kier molecular flexibility index (Phi) is 2.56. The number of hydrogen-bond acceptors (Lipinski definition) is 2. The van der Waals surface area contributed by atoms with Crippen LogP contribution in [-0.4, -0.2) is 25.0 Å². The van der Waals surface area contributed by atoms with Gasteiger partial charge in [-0.2, -0.15) is 4.31 Å². The van der Waals surface area contributed by atoms with Crippen molar-refractivity contribution in [1.82, 2.24) is 4.31 Å². The monoisotopic (exact) mass is 211 g/mol. The predicted octanol–water partition coefficient (Wildman–Crippen LogP) is 1.22. The predicted molar refractivity (Wildman–Crippen MR) is 55.3 cm³/mol. The molecule has 1 heterocycles. The van der Waals surface area contributed by atoms with Gasteiger partial charge in [0, 0.05) is 13.1 Å². The highest BCUT2D eigenvalue weighted by molar-refractivity contribution is 7.89. The van der Waals surface area contributed by atoms with Crippen LogP contribution >= 0.6 is 0 Å². The third-order valence-corrected chi connectivity index (χ3v) is 4.31. The van der Waals surface area contributed by atoms with E-state index in [1.54, 1.807) is 4.31 Å². The summed E-state index contributed by atoms with van der Waals surface area (Å²) in [6, 6.07) is 9.69. The third-order valence-electron chi connectivity index (χ3n) is 2.40. The van der Waals surface area contributed by atoms with Crippen LogP contribution < -0.4 is 0 Å². The molecule has 0 spiro atoms. The number of rotatable bonds is 2. The topological polar surface area (TPSA) is 37.4 Å². The van der Waals surface area contributed by atoms with E-state index >= 15 is 0 Å². The van der Waals surface area contributed by atoms with E-state index in [4.69, 9.17) is 0 Å². The normalized spacial score (nSPS) is 21.1. The third kappa shape index (κ3) is 1.96. The molecule has 0 atom stereocenters. The van der Waals surface area contributed by atoms with E-state index in [1.165, 1.54) is 0 Å². The lowest BCUT2D eigenvalue weighted by Gasteiger charge is -2.13. The van der Waals surface area contributed by atoms with Crippen molar-refractivity contribution < 1.29 is 8.42 Å². The second-order valence-electron chi connectivity index (χ2n) is 3.49. The van der Waals surface area contributed by atoms with E-state index in [-0.39, 0.29) is 0 Å². The molecule has 4 heteroatoms. The lowest BCUT2D eigenvalue weighted by atomic mass is 10.2. The first kappa shape index (κ1) is 9.68. The molecule has 1 saturated heterocycles. The molecular formula is C10H13NO2S. The molecule has 0 saturated carbocycles. The first-order valence-electron chi connectivity index (χ1n) is 4.70. The van der Waals surface area contributed by atoms with Crippen molar-refractivity contribution in [2.24, 2.45) is 0 Å². The molecular weight excluding hydrogens is 198 g/mol. The zero-order valence-electron chi connectivity index (χ0n) is 7.89. The SMILES string of the molecule is O=S1(=O)CCCN1Cc1ccccc1. The molecule has 0 aromatic heterocycles. The molecule has 0 unspecified atom stereocenters. The van der Waals surface area contributed by atoms with Gasteiger partial charge in [-0.3, -0.25) is 0 Å². The summed E-state index contributed by atoms with van der Waals surface area (Å²) in [5.41, 5.74) is 1.05. The first-order chi connectivity index (χ1) is 6.68. The summed E-state index contributed by atoms with van der Waals surface area (Å²) in [7, 11) is -2.95. The van der Waals surface area contributed by atoms with Gasteiger partial charge in [0.1, 0.15) is 0 Å². The molecule has 1 aromatic rings. The molecule has 2 rings (SSSR count). The minimum absolute atomic E-state index is 0.305. The molecule has 0 bridgehead atoms. The molecule has 0 aliphatic carbocycles. The van der Waals surface area contributed by atoms with E-state index in [9.17, 15) is 8.42 Å². The number of sulfonamides is 1. The van der Waals surface area contributed by atoms with Crippen LogP contribution in [0.3, 0.4) is 0 Å². The van der Waals surface area contributed by atoms with Crippen molar-refractivity contribution in [3.05, 3.63) is 35.9 Å². The Labute approximate surface area is 84.4 Å². The van der Waals surface area contributed by atoms with Crippen LogP contribution in [0.15, 0.2) is 30.3 Å². The van der Waals surface area contributed by atoms with Gasteiger partial charge in [-0.1, -0.05) is 30.3 Å². The number of benzene rings is 1. The zero-order valence-corrected chi connectivity index (χ0v) is 8.70. The summed E-state index contributed by atoms with van der Waals surface area (Å²) in [4.78, 5) is 0. The summed E-state index contributed by atoms with van der Waals surface area (Å²) < 4.78 is 24.5. The molecule has 1 aliphatic rings. The summed E-state index contributed by atoms with van der Waals surface area (Å²) in [6.07, 6.45) is 0.759. The molecule has 0 N–H and O–H groups in total. The van der Waals surface area contributed by atoms with Crippen LogP contribution in [0.5, 0.6) is 0 Å². The van der Waals surface area contributed by atoms with Crippen molar-refractivity contribution in [3.8, 4) is 0 Å². The van der Waals surface area contributed by atoms with Gasteiger partial charge in [-0.25, -0.2) is 8.42 Å². The lowest BCUT2D eigenvalue weighted by molar-refractivity contribution is 0.440. The molecule has 1 aliphatic heterocycles. The molecule has 0 radical (unpaired) electrons. The fourth-order valence-electron chi connectivity index (χ4n) is 1.66. The van der Waals surface area contributed by atoms with Gasteiger partial charge in [0.2, 0.25) is 10.0 Å². The maximum atomic E-state index is 11.5. The zero-order chi connectivity index (χ0) is 10.0. The van der Waals surface area contributed by atoms with Crippen molar-refractivity contribution in [2.75, 3.05) is 12.3 Å². The second-order valence-corrected chi connectivity index (χ2v) is 5.58. The van der Waals surface area contributed by atoms with Crippen LogP contribution in [0.1, 0.15) is 12.0 Å². The second kappa shape index (κ2) is 3.71. The number of hydrogen-bond donors (Lipinski definition) is 0. The van der Waals surface area contributed by atoms with Gasteiger partial charge in [0.25, 0.3) is 0 Å². The molecule has 0 amide bonds. The summed E-state index contributed by atoms with van der Waals surface area (Å²) in [6.45, 7) is 1.18. The Morgan fingerprint density at radius 2 is 1.93 bits per heavy atom. The Bertz CT molecular complexity index is 399. The van der Waals surface area contributed by atoms with E-state index in [2.05, 4.69) is 0 Å². The van der Waals surface area contributed by atoms with Crippen LogP contribution in [0.25, 0.3) is 0 Å². The van der Waals surface area contributed by atoms with Crippen LogP contribution in [0.4, 0.5) is 0 Å². The fraction of sp³-hybridized carbons (Fsp3) is 0.400. The van der Waals surface area contributed by atoms with Gasteiger partial charge < -0.3 is 0 Å². The summed E-state index contributed by atoms with van der Waals surface area (Å²) in [5.74, 6) is 0.305. The molecule has 14 heavy (non-hydrogen) atoms. The smallest absolute Gasteiger partial charge is 0.212 e. The highest BCUT2D eigenvalue weighted by atomic mass is 32.2. The van der Waals surface area contributed by atoms with Gasteiger partial charge in [-0.15, -0.1) is 0 Å². The van der Waals surface area contributed by atoms with Crippen molar-refractivity contribution in [1.29, 1.82) is 0 Å². The van der Waals surface area contributed by atoms with Crippen LogP contribution in [0, 0.1) is 0 Å². The molecule has 3 nitrogen and oxygen atoms in total. The highest BCUT2D eigenvalue weighted by Crippen LogP contribution is 2.16. The Balaban J connectivity index is 2.13. The number of nitrogens with zero attached hydrogens (tertiary/aromatic N) is 1. The maximum Gasteiger partial charge on any atom is 0.214 e. The largest absolute Gasteiger partial charge is 0.214 e. The van der Waals surface area contributed by atoms with Crippen molar-refractivity contribution in [2.45, 2.75) is 13.0 Å². The van der Waals surface area contributed by atoms with E-state index in [0.29, 0.717) is 18.8 Å². The standard InChI is InChI=1S/C10H13NO2S/c12-14(13)8-4-7-11(14)9-10-5-2-1-3-6-10/h1-3,5-6H,4,7-9H2. The minimum Gasteiger partial charge on any atom is -0.212 e. The van der Waals surface area contributed by atoms with Gasteiger partial charge >= 0.3 is 0 Å². The van der Waals surface area contributed by atoms with E-state index < -0.39 is 10.0 Å². The summed E-state index contributed by atoms with van der Waals surface area (Å²) in [5, 5.41) is 0. The van der Waals surface area contributed by atoms with Gasteiger partial charge in [0.15, 0.2) is 0 Å². The highest BCUT2D eigenvalue weighted by Gasteiger charge is 2.27. The van der Waals surface area contributed by atoms with Gasteiger partial charge in [-0.05, 0) is 12.0 Å². The Hall–Kier alpha value is -0.870. The lowest BCUT2D eigenvalue weighted by Crippen LogP contribution is -2.24. The first-order valence-corrected chi connectivity index (χ1v) is 6.31.